The van der Waals surface area contributed by atoms with Crippen molar-refractivity contribution in [2.24, 2.45) is 5.73 Å². The van der Waals surface area contributed by atoms with Crippen molar-refractivity contribution in [1.82, 2.24) is 4.90 Å². The Labute approximate surface area is 135 Å². The Morgan fingerprint density at radius 2 is 2.00 bits per heavy atom. The Hall–Kier alpha value is 0.1000. The summed E-state index contributed by atoms with van der Waals surface area (Å²) in [6, 6.07) is 3.52. The predicted molar refractivity (Wildman–Crippen MR) is 92.3 cm³/mol. The number of hydrogen-bond donors (Lipinski definition) is 1. The lowest BCUT2D eigenvalue weighted by molar-refractivity contribution is 0.137. The Morgan fingerprint density at radius 1 is 1.35 bits per heavy atom. The van der Waals surface area contributed by atoms with Crippen LogP contribution in [0.2, 0.25) is 0 Å². The molecule has 1 heterocycles. The highest BCUT2D eigenvalue weighted by atomic mass is 79.9. The molecule has 1 aromatic rings. The van der Waals surface area contributed by atoms with Gasteiger partial charge in [0.1, 0.15) is 0 Å². The summed E-state index contributed by atoms with van der Waals surface area (Å²) in [6.45, 7) is 2.20. The van der Waals surface area contributed by atoms with Crippen molar-refractivity contribution in [3.8, 4) is 0 Å². The zero-order valence-corrected chi connectivity index (χ0v) is 15.0. The summed E-state index contributed by atoms with van der Waals surface area (Å²) < 4.78 is 1.18. The maximum absolute atomic E-state index is 6.45. The number of nitrogens with zero attached hydrogens (tertiary/aromatic N) is 1. The zero-order valence-electron chi connectivity index (χ0n) is 12.6. The molecule has 2 N–H and O–H groups in total. The van der Waals surface area contributed by atoms with Gasteiger partial charge in [0.15, 0.2) is 0 Å². The molecule has 1 aromatic heterocycles. The van der Waals surface area contributed by atoms with E-state index in [0.717, 1.165) is 6.42 Å². The van der Waals surface area contributed by atoms with E-state index in [2.05, 4.69) is 46.2 Å². The van der Waals surface area contributed by atoms with Crippen molar-refractivity contribution in [2.45, 2.75) is 70.0 Å². The third kappa shape index (κ3) is 4.06. The van der Waals surface area contributed by atoms with Crippen molar-refractivity contribution in [2.75, 3.05) is 7.05 Å². The van der Waals surface area contributed by atoms with Crippen molar-refractivity contribution in [1.29, 1.82) is 0 Å². The van der Waals surface area contributed by atoms with Gasteiger partial charge < -0.3 is 5.73 Å². The molecule has 1 aliphatic carbocycles. The minimum absolute atomic E-state index is 0.216. The van der Waals surface area contributed by atoms with Crippen molar-refractivity contribution < 1.29 is 0 Å². The summed E-state index contributed by atoms with van der Waals surface area (Å²) >= 11 is 5.41. The average Bonchev–Trinajstić information content (AvgIpc) is 2.70. The van der Waals surface area contributed by atoms with Crippen LogP contribution < -0.4 is 5.73 Å². The highest BCUT2D eigenvalue weighted by molar-refractivity contribution is 9.10. The van der Waals surface area contributed by atoms with Crippen LogP contribution in [-0.2, 0) is 0 Å². The van der Waals surface area contributed by atoms with Crippen LogP contribution in [0.5, 0.6) is 0 Å². The molecule has 0 saturated heterocycles. The number of rotatable bonds is 5. The largest absolute Gasteiger partial charge is 0.326 e. The number of nitrogens with two attached hydrogens (primary N) is 1. The van der Waals surface area contributed by atoms with Crippen molar-refractivity contribution >= 4 is 27.3 Å². The molecule has 0 aliphatic heterocycles. The SMILES string of the molecule is CCC(N)C(c1cc(Br)cs1)N(C)C1CCCCCC1. The number of halogens is 1. The molecule has 1 saturated carbocycles. The molecule has 0 amide bonds. The van der Waals surface area contributed by atoms with E-state index >= 15 is 0 Å². The lowest BCUT2D eigenvalue weighted by Gasteiger charge is -2.37. The molecule has 2 atom stereocenters. The van der Waals surface area contributed by atoms with Gasteiger partial charge in [-0.25, -0.2) is 0 Å². The fourth-order valence-electron chi connectivity index (χ4n) is 3.31. The maximum Gasteiger partial charge on any atom is 0.0593 e. The fourth-order valence-corrected chi connectivity index (χ4v) is 4.98. The van der Waals surface area contributed by atoms with Crippen LogP contribution in [0.4, 0.5) is 0 Å². The molecular formula is C16H27BrN2S. The Bertz CT molecular complexity index is 399. The topological polar surface area (TPSA) is 29.3 Å². The van der Waals surface area contributed by atoms with E-state index in [4.69, 9.17) is 5.73 Å². The van der Waals surface area contributed by atoms with Crippen LogP contribution in [0.25, 0.3) is 0 Å². The van der Waals surface area contributed by atoms with Crippen LogP contribution in [0.3, 0.4) is 0 Å². The first kappa shape index (κ1) is 16.5. The predicted octanol–water partition coefficient (Wildman–Crippen LogP) is 4.94. The third-order valence-corrected chi connectivity index (χ3v) is 6.36. The molecule has 0 spiro atoms. The van der Waals surface area contributed by atoms with Gasteiger partial charge in [-0.15, -0.1) is 11.3 Å². The van der Waals surface area contributed by atoms with Gasteiger partial charge in [-0.2, -0.15) is 0 Å². The van der Waals surface area contributed by atoms with E-state index in [-0.39, 0.29) is 6.04 Å². The summed E-state index contributed by atoms with van der Waals surface area (Å²) in [5, 5.41) is 2.17. The van der Waals surface area contributed by atoms with Crippen LogP contribution >= 0.6 is 27.3 Å². The lowest BCUT2D eigenvalue weighted by atomic mass is 9.99. The van der Waals surface area contributed by atoms with E-state index in [1.807, 2.05) is 11.3 Å². The van der Waals surface area contributed by atoms with Gasteiger partial charge in [0, 0.05) is 26.8 Å². The molecule has 4 heteroatoms. The molecule has 114 valence electrons. The average molecular weight is 359 g/mol. The Morgan fingerprint density at radius 3 is 2.50 bits per heavy atom. The van der Waals surface area contributed by atoms with Crippen LogP contribution in [0, 0.1) is 0 Å². The van der Waals surface area contributed by atoms with Gasteiger partial charge in [-0.05, 0) is 48.3 Å². The second-order valence-electron chi connectivity index (χ2n) is 6.00. The second-order valence-corrected chi connectivity index (χ2v) is 7.85. The molecule has 0 radical (unpaired) electrons. The summed E-state index contributed by atoms with van der Waals surface area (Å²) in [5.41, 5.74) is 6.45. The fraction of sp³-hybridized carbons (Fsp3) is 0.750. The Kier molecular flexibility index (Phi) is 6.53. The van der Waals surface area contributed by atoms with Gasteiger partial charge >= 0.3 is 0 Å². The van der Waals surface area contributed by atoms with Gasteiger partial charge in [-0.3, -0.25) is 4.90 Å². The van der Waals surface area contributed by atoms with Crippen LogP contribution in [0.15, 0.2) is 15.9 Å². The first-order valence-corrected chi connectivity index (χ1v) is 9.52. The zero-order chi connectivity index (χ0) is 14.5. The molecule has 0 aromatic carbocycles. The molecule has 0 bridgehead atoms. The molecule has 20 heavy (non-hydrogen) atoms. The number of hydrogen-bond acceptors (Lipinski definition) is 3. The molecule has 2 rings (SSSR count). The van der Waals surface area contributed by atoms with E-state index in [9.17, 15) is 0 Å². The van der Waals surface area contributed by atoms with Gasteiger partial charge in [0.05, 0.1) is 6.04 Å². The van der Waals surface area contributed by atoms with Crippen LogP contribution in [0.1, 0.15) is 62.8 Å². The monoisotopic (exact) mass is 358 g/mol. The molecular weight excluding hydrogens is 332 g/mol. The molecule has 2 nitrogen and oxygen atoms in total. The van der Waals surface area contributed by atoms with Gasteiger partial charge in [0.25, 0.3) is 0 Å². The van der Waals surface area contributed by atoms with Gasteiger partial charge in [-0.1, -0.05) is 32.6 Å². The minimum Gasteiger partial charge on any atom is -0.326 e. The highest BCUT2D eigenvalue weighted by Gasteiger charge is 2.29. The molecule has 1 fully saturated rings. The normalized spacial score (nSPS) is 20.9. The summed E-state index contributed by atoms with van der Waals surface area (Å²) in [6.07, 6.45) is 9.23. The van der Waals surface area contributed by atoms with Crippen LogP contribution in [-0.4, -0.2) is 24.0 Å². The first-order chi connectivity index (χ1) is 9.63. The minimum atomic E-state index is 0.216. The standard InChI is InChI=1S/C16H27BrN2S/c1-3-14(18)16(15-10-12(17)11-20-15)19(2)13-8-6-4-5-7-9-13/h10-11,13-14,16H,3-9,18H2,1-2H3. The van der Waals surface area contributed by atoms with Gasteiger partial charge in [0.2, 0.25) is 0 Å². The quantitative estimate of drug-likeness (QED) is 0.754. The number of likely N-dealkylation sites (N-methyl/N-ethyl adjacent to an activating group) is 1. The van der Waals surface area contributed by atoms with Crippen molar-refractivity contribution in [3.63, 3.8) is 0 Å². The molecule has 1 aliphatic rings. The lowest BCUT2D eigenvalue weighted by Crippen LogP contribution is -2.43. The van der Waals surface area contributed by atoms with E-state index < -0.39 is 0 Å². The smallest absolute Gasteiger partial charge is 0.0593 e. The Balaban J connectivity index is 2.16. The number of thiophene rings is 1. The summed E-state index contributed by atoms with van der Waals surface area (Å²) in [4.78, 5) is 3.97. The van der Waals surface area contributed by atoms with E-state index in [1.165, 1.54) is 47.9 Å². The van der Waals surface area contributed by atoms with Crippen molar-refractivity contribution in [3.05, 3.63) is 20.8 Å². The maximum atomic E-state index is 6.45. The first-order valence-electron chi connectivity index (χ1n) is 7.85. The second kappa shape index (κ2) is 7.92. The third-order valence-electron chi connectivity index (χ3n) is 4.60. The van der Waals surface area contributed by atoms with E-state index in [0.29, 0.717) is 12.1 Å². The van der Waals surface area contributed by atoms with E-state index in [1.54, 1.807) is 0 Å². The highest BCUT2D eigenvalue weighted by Crippen LogP contribution is 2.35. The molecule has 2 unspecified atom stereocenters. The summed E-state index contributed by atoms with van der Waals surface area (Å²) in [7, 11) is 2.28. The summed E-state index contributed by atoms with van der Waals surface area (Å²) in [5.74, 6) is 0.